The van der Waals surface area contributed by atoms with E-state index < -0.39 is 0 Å². The van der Waals surface area contributed by atoms with Crippen molar-refractivity contribution in [2.24, 2.45) is 0 Å². The summed E-state index contributed by atoms with van der Waals surface area (Å²) in [5, 5.41) is 0. The van der Waals surface area contributed by atoms with Crippen LogP contribution in [0.4, 0.5) is 0 Å². The standard InChI is InChI=1S/C22H20S2/c23-15-18-6-10-20(11-7-18)22(14-17-4-2-1-3-5-17)21-12-8-19(16-24)9-13-21/h1-14,23-24H,15-16H2. The summed E-state index contributed by atoms with van der Waals surface area (Å²) >= 11 is 8.69. The second-order valence-corrected chi connectivity index (χ2v) is 6.31. The van der Waals surface area contributed by atoms with Crippen molar-refractivity contribution in [2.75, 3.05) is 0 Å². The molecule has 0 unspecified atom stereocenters. The van der Waals surface area contributed by atoms with Gasteiger partial charge in [0.05, 0.1) is 0 Å². The Kier molecular flexibility index (Phi) is 5.84. The highest BCUT2D eigenvalue weighted by Crippen LogP contribution is 2.27. The molecular formula is C22H20S2. The molecule has 24 heavy (non-hydrogen) atoms. The lowest BCUT2D eigenvalue weighted by atomic mass is 9.94. The Morgan fingerprint density at radius 2 is 1.08 bits per heavy atom. The van der Waals surface area contributed by atoms with Crippen LogP contribution in [0.15, 0.2) is 78.9 Å². The van der Waals surface area contributed by atoms with Gasteiger partial charge in [-0.05, 0) is 39.5 Å². The minimum atomic E-state index is 0.759. The van der Waals surface area contributed by atoms with Crippen LogP contribution in [0.1, 0.15) is 27.8 Å². The second kappa shape index (κ2) is 8.27. The molecule has 3 aromatic carbocycles. The van der Waals surface area contributed by atoms with E-state index in [1.54, 1.807) is 0 Å². The molecule has 0 aliphatic carbocycles. The predicted octanol–water partition coefficient (Wildman–Crippen LogP) is 6.14. The summed E-state index contributed by atoms with van der Waals surface area (Å²) in [6.07, 6.45) is 2.24. The van der Waals surface area contributed by atoms with Crippen LogP contribution >= 0.6 is 25.3 Å². The van der Waals surface area contributed by atoms with Crippen molar-refractivity contribution in [1.29, 1.82) is 0 Å². The first-order valence-electron chi connectivity index (χ1n) is 7.97. The molecule has 0 N–H and O–H groups in total. The van der Waals surface area contributed by atoms with E-state index in [1.807, 2.05) is 6.07 Å². The number of thiol groups is 2. The first kappa shape index (κ1) is 16.9. The average Bonchev–Trinajstić information content (AvgIpc) is 2.67. The molecule has 3 aromatic rings. The summed E-state index contributed by atoms with van der Waals surface area (Å²) in [7, 11) is 0. The largest absolute Gasteiger partial charge is 0.175 e. The number of rotatable bonds is 5. The van der Waals surface area contributed by atoms with Gasteiger partial charge in [-0.2, -0.15) is 25.3 Å². The van der Waals surface area contributed by atoms with Crippen LogP contribution in [0.2, 0.25) is 0 Å². The maximum absolute atomic E-state index is 4.35. The third kappa shape index (κ3) is 4.14. The first-order valence-corrected chi connectivity index (χ1v) is 9.24. The molecule has 0 nitrogen and oxygen atoms in total. The van der Waals surface area contributed by atoms with Crippen molar-refractivity contribution in [2.45, 2.75) is 11.5 Å². The van der Waals surface area contributed by atoms with Crippen LogP contribution < -0.4 is 0 Å². The third-order valence-corrected chi connectivity index (χ3v) is 4.74. The fourth-order valence-corrected chi connectivity index (χ4v) is 3.05. The molecule has 0 radical (unpaired) electrons. The summed E-state index contributed by atoms with van der Waals surface area (Å²) in [5.74, 6) is 1.52. The van der Waals surface area contributed by atoms with E-state index in [1.165, 1.54) is 33.4 Å². The lowest BCUT2D eigenvalue weighted by Crippen LogP contribution is -1.90. The number of hydrogen-bond donors (Lipinski definition) is 2. The number of hydrogen-bond acceptors (Lipinski definition) is 2. The van der Waals surface area contributed by atoms with Crippen LogP contribution in [0.3, 0.4) is 0 Å². The van der Waals surface area contributed by atoms with Gasteiger partial charge in [0, 0.05) is 11.5 Å². The second-order valence-electron chi connectivity index (χ2n) is 5.68. The minimum absolute atomic E-state index is 0.759. The predicted molar refractivity (Wildman–Crippen MR) is 112 cm³/mol. The Bertz CT molecular complexity index is 751. The maximum Gasteiger partial charge on any atom is 0.0154 e. The molecule has 0 atom stereocenters. The zero-order valence-corrected chi connectivity index (χ0v) is 15.2. The molecule has 0 aliphatic heterocycles. The molecule has 0 fully saturated rings. The Morgan fingerprint density at radius 3 is 1.50 bits per heavy atom. The van der Waals surface area contributed by atoms with E-state index in [0.29, 0.717) is 0 Å². The highest BCUT2D eigenvalue weighted by atomic mass is 32.1. The average molecular weight is 349 g/mol. The summed E-state index contributed by atoms with van der Waals surface area (Å²) < 4.78 is 0. The van der Waals surface area contributed by atoms with Gasteiger partial charge in [-0.25, -0.2) is 0 Å². The Balaban J connectivity index is 2.07. The van der Waals surface area contributed by atoms with Crippen molar-refractivity contribution < 1.29 is 0 Å². The van der Waals surface area contributed by atoms with E-state index in [-0.39, 0.29) is 0 Å². The van der Waals surface area contributed by atoms with E-state index >= 15 is 0 Å². The van der Waals surface area contributed by atoms with Crippen molar-refractivity contribution in [3.05, 3.63) is 107 Å². The van der Waals surface area contributed by atoms with Crippen LogP contribution in [-0.2, 0) is 11.5 Å². The monoisotopic (exact) mass is 348 g/mol. The summed E-state index contributed by atoms with van der Waals surface area (Å²) in [4.78, 5) is 0. The molecule has 3 rings (SSSR count). The molecule has 0 amide bonds. The van der Waals surface area contributed by atoms with E-state index in [2.05, 4.69) is 104 Å². The molecular weight excluding hydrogens is 328 g/mol. The van der Waals surface area contributed by atoms with Gasteiger partial charge in [0.25, 0.3) is 0 Å². The minimum Gasteiger partial charge on any atom is -0.175 e. The van der Waals surface area contributed by atoms with Gasteiger partial charge < -0.3 is 0 Å². The Morgan fingerprint density at radius 1 is 0.625 bits per heavy atom. The molecule has 0 spiro atoms. The maximum atomic E-state index is 4.35. The van der Waals surface area contributed by atoms with Gasteiger partial charge >= 0.3 is 0 Å². The van der Waals surface area contributed by atoms with Crippen LogP contribution in [0.5, 0.6) is 0 Å². The molecule has 120 valence electrons. The first-order chi connectivity index (χ1) is 11.8. The zero-order chi connectivity index (χ0) is 16.8. The highest BCUT2D eigenvalue weighted by Gasteiger charge is 2.06. The van der Waals surface area contributed by atoms with Gasteiger partial charge in [-0.1, -0.05) is 78.9 Å². The van der Waals surface area contributed by atoms with Crippen molar-refractivity contribution in [1.82, 2.24) is 0 Å². The molecule has 0 aromatic heterocycles. The lowest BCUT2D eigenvalue weighted by molar-refractivity contribution is 1.39. The van der Waals surface area contributed by atoms with Gasteiger partial charge in [0.1, 0.15) is 0 Å². The van der Waals surface area contributed by atoms with Crippen molar-refractivity contribution >= 4 is 36.9 Å². The van der Waals surface area contributed by atoms with E-state index in [0.717, 1.165) is 11.5 Å². The fourth-order valence-electron chi connectivity index (χ4n) is 2.63. The zero-order valence-electron chi connectivity index (χ0n) is 13.4. The molecule has 0 saturated carbocycles. The number of benzene rings is 3. The third-order valence-electron chi connectivity index (χ3n) is 4.01. The highest BCUT2D eigenvalue weighted by molar-refractivity contribution is 7.79. The van der Waals surface area contributed by atoms with Gasteiger partial charge in [0.2, 0.25) is 0 Å². The Hall–Kier alpha value is -1.90. The summed E-state index contributed by atoms with van der Waals surface area (Å²) in [5.41, 5.74) is 7.30. The molecule has 2 heteroatoms. The van der Waals surface area contributed by atoms with E-state index in [4.69, 9.17) is 0 Å². The molecule has 0 bridgehead atoms. The fraction of sp³-hybridized carbons (Fsp3) is 0.0909. The van der Waals surface area contributed by atoms with Crippen LogP contribution in [-0.4, -0.2) is 0 Å². The summed E-state index contributed by atoms with van der Waals surface area (Å²) in [6, 6.07) is 27.7. The lowest BCUT2D eigenvalue weighted by Gasteiger charge is -2.11. The topological polar surface area (TPSA) is 0 Å². The molecule has 0 saturated heterocycles. The van der Waals surface area contributed by atoms with Crippen molar-refractivity contribution in [3.63, 3.8) is 0 Å². The van der Waals surface area contributed by atoms with Gasteiger partial charge in [-0.3, -0.25) is 0 Å². The molecule has 0 heterocycles. The van der Waals surface area contributed by atoms with Crippen LogP contribution in [0.25, 0.3) is 11.6 Å². The van der Waals surface area contributed by atoms with Crippen LogP contribution in [0, 0.1) is 0 Å². The SMILES string of the molecule is SCc1ccc(C(=Cc2ccccc2)c2ccc(CS)cc2)cc1. The smallest absolute Gasteiger partial charge is 0.0154 e. The van der Waals surface area contributed by atoms with Gasteiger partial charge in [-0.15, -0.1) is 0 Å². The summed E-state index contributed by atoms with van der Waals surface area (Å²) in [6.45, 7) is 0. The van der Waals surface area contributed by atoms with E-state index in [9.17, 15) is 0 Å². The van der Waals surface area contributed by atoms with Gasteiger partial charge in [0.15, 0.2) is 0 Å². The van der Waals surface area contributed by atoms with Crippen molar-refractivity contribution in [3.8, 4) is 0 Å². The molecule has 0 aliphatic rings. The Labute approximate surface area is 155 Å². The quantitative estimate of drug-likeness (QED) is 0.402. The normalized spacial score (nSPS) is 10.4.